The largest absolute Gasteiger partial charge is 0.573 e. The van der Waals surface area contributed by atoms with E-state index >= 15 is 0 Å². The van der Waals surface area contributed by atoms with E-state index in [4.69, 9.17) is 0 Å². The molecular formula is C11H10F5NO4. The van der Waals surface area contributed by atoms with Crippen molar-refractivity contribution in [2.24, 2.45) is 0 Å². The van der Waals surface area contributed by atoms with Crippen LogP contribution in [0.3, 0.4) is 0 Å². The van der Waals surface area contributed by atoms with Gasteiger partial charge in [-0.2, -0.15) is 0 Å². The molecule has 1 aromatic heterocycles. The molecular weight excluding hydrogens is 305 g/mol. The quantitative estimate of drug-likeness (QED) is 0.669. The Morgan fingerprint density at radius 3 is 2.48 bits per heavy atom. The molecule has 0 spiro atoms. The Morgan fingerprint density at radius 1 is 1.38 bits per heavy atom. The molecule has 0 radical (unpaired) electrons. The fraction of sp³-hybridized carbons (Fsp3) is 0.455. The monoisotopic (exact) mass is 315 g/mol. The summed E-state index contributed by atoms with van der Waals surface area (Å²) in [5, 5.41) is 0. The maximum absolute atomic E-state index is 12.9. The van der Waals surface area contributed by atoms with Crippen LogP contribution < -0.4 is 10.3 Å². The number of rotatable bonds is 5. The molecule has 0 saturated carbocycles. The lowest BCUT2D eigenvalue weighted by Crippen LogP contribution is -2.23. The van der Waals surface area contributed by atoms with Gasteiger partial charge in [-0.05, 0) is 6.92 Å². The molecule has 0 aliphatic carbocycles. The number of aromatic amines is 1. The minimum Gasteiger partial charge on any atom is -0.466 e. The molecule has 1 heterocycles. The van der Waals surface area contributed by atoms with E-state index in [0.29, 0.717) is 0 Å². The Hall–Kier alpha value is -2.13. The number of esters is 1. The summed E-state index contributed by atoms with van der Waals surface area (Å²) in [6.07, 6.45) is -9.44. The summed E-state index contributed by atoms with van der Waals surface area (Å²) in [4.78, 5) is 24.3. The summed E-state index contributed by atoms with van der Waals surface area (Å²) >= 11 is 0. The second-order valence-electron chi connectivity index (χ2n) is 3.72. The van der Waals surface area contributed by atoms with E-state index < -0.39 is 47.7 Å². The normalized spacial score (nSPS) is 11.6. The number of H-pyrrole nitrogens is 1. The van der Waals surface area contributed by atoms with Gasteiger partial charge in [-0.1, -0.05) is 0 Å². The second kappa shape index (κ2) is 6.55. The van der Waals surface area contributed by atoms with Gasteiger partial charge in [0.15, 0.2) is 0 Å². The van der Waals surface area contributed by atoms with E-state index in [-0.39, 0.29) is 12.7 Å². The number of ether oxygens (including phenoxy) is 2. The lowest BCUT2D eigenvalue weighted by Gasteiger charge is -2.15. The number of alkyl halides is 5. The van der Waals surface area contributed by atoms with E-state index in [2.05, 4.69) is 9.47 Å². The van der Waals surface area contributed by atoms with E-state index in [0.717, 1.165) is 0 Å². The van der Waals surface area contributed by atoms with Gasteiger partial charge in [0.05, 0.1) is 18.6 Å². The Kier molecular flexibility index (Phi) is 5.28. The zero-order valence-electron chi connectivity index (χ0n) is 10.6. The van der Waals surface area contributed by atoms with Crippen molar-refractivity contribution in [2.75, 3.05) is 6.61 Å². The molecule has 1 aromatic rings. The molecule has 0 aromatic carbocycles. The highest BCUT2D eigenvalue weighted by molar-refractivity contribution is 5.72. The average molecular weight is 315 g/mol. The van der Waals surface area contributed by atoms with Crippen molar-refractivity contribution in [2.45, 2.75) is 26.1 Å². The fourth-order valence-corrected chi connectivity index (χ4v) is 1.54. The van der Waals surface area contributed by atoms with Gasteiger partial charge in [0.2, 0.25) is 0 Å². The maximum atomic E-state index is 12.9. The van der Waals surface area contributed by atoms with Crippen LogP contribution in [-0.4, -0.2) is 23.9 Å². The molecule has 1 rings (SSSR count). The van der Waals surface area contributed by atoms with Crippen molar-refractivity contribution in [1.82, 2.24) is 4.98 Å². The van der Waals surface area contributed by atoms with Gasteiger partial charge in [0.25, 0.3) is 12.0 Å². The molecule has 0 bridgehead atoms. The third-order valence-corrected chi connectivity index (χ3v) is 2.20. The van der Waals surface area contributed by atoms with Crippen LogP contribution in [-0.2, 0) is 16.0 Å². The zero-order chi connectivity index (χ0) is 16.2. The van der Waals surface area contributed by atoms with Crippen LogP contribution in [0.25, 0.3) is 0 Å². The van der Waals surface area contributed by atoms with Gasteiger partial charge >= 0.3 is 12.3 Å². The highest BCUT2D eigenvalue weighted by Crippen LogP contribution is 2.33. The molecule has 118 valence electrons. The molecule has 1 N–H and O–H groups in total. The van der Waals surface area contributed by atoms with Gasteiger partial charge in [-0.15, -0.1) is 13.2 Å². The Morgan fingerprint density at radius 2 is 2.00 bits per heavy atom. The minimum atomic E-state index is -5.25. The van der Waals surface area contributed by atoms with E-state index in [1.165, 1.54) is 6.92 Å². The van der Waals surface area contributed by atoms with Crippen LogP contribution in [0.15, 0.2) is 10.9 Å². The van der Waals surface area contributed by atoms with Gasteiger partial charge in [-0.3, -0.25) is 9.59 Å². The standard InChI is InChI=1S/C11H10F5NO4/c1-2-20-8(19)3-5-9(10(12)13)6(4-7(18)17-5)21-11(14,15)16/h4,10H,2-3H2,1H3,(H,17,18). The summed E-state index contributed by atoms with van der Waals surface area (Å²) < 4.78 is 70.2. The average Bonchev–Trinajstić information content (AvgIpc) is 2.24. The SMILES string of the molecule is CCOC(=O)Cc1[nH]c(=O)cc(OC(F)(F)F)c1C(F)F. The van der Waals surface area contributed by atoms with Crippen molar-refractivity contribution in [3.8, 4) is 5.75 Å². The smallest absolute Gasteiger partial charge is 0.466 e. The zero-order valence-corrected chi connectivity index (χ0v) is 10.6. The number of halogens is 5. The molecule has 5 nitrogen and oxygen atoms in total. The number of aromatic nitrogens is 1. The fourth-order valence-electron chi connectivity index (χ4n) is 1.54. The summed E-state index contributed by atoms with van der Waals surface area (Å²) in [7, 11) is 0. The Labute approximate surface area is 114 Å². The first-order chi connectivity index (χ1) is 9.64. The van der Waals surface area contributed by atoms with Gasteiger partial charge in [-0.25, -0.2) is 8.78 Å². The molecule has 21 heavy (non-hydrogen) atoms. The first-order valence-corrected chi connectivity index (χ1v) is 5.59. The van der Waals surface area contributed by atoms with E-state index in [9.17, 15) is 31.5 Å². The van der Waals surface area contributed by atoms with Crippen molar-refractivity contribution in [3.63, 3.8) is 0 Å². The van der Waals surface area contributed by atoms with Crippen LogP contribution in [0.1, 0.15) is 24.6 Å². The molecule has 0 atom stereocenters. The number of hydrogen-bond donors (Lipinski definition) is 1. The molecule has 0 fully saturated rings. The summed E-state index contributed by atoms with van der Waals surface area (Å²) in [6, 6.07) is 0.240. The van der Waals surface area contributed by atoms with E-state index in [1.54, 1.807) is 0 Å². The summed E-state index contributed by atoms with van der Waals surface area (Å²) in [5.41, 5.74) is -3.01. The first kappa shape index (κ1) is 16.9. The number of pyridine rings is 1. The Balaban J connectivity index is 3.29. The third kappa shape index (κ3) is 5.04. The molecule has 10 heteroatoms. The van der Waals surface area contributed by atoms with Crippen molar-refractivity contribution in [3.05, 3.63) is 27.7 Å². The van der Waals surface area contributed by atoms with Crippen LogP contribution in [0, 0.1) is 0 Å². The number of nitrogens with one attached hydrogen (secondary N) is 1. The topological polar surface area (TPSA) is 68.4 Å². The minimum absolute atomic E-state index is 0.0498. The third-order valence-electron chi connectivity index (χ3n) is 2.20. The van der Waals surface area contributed by atoms with Crippen molar-refractivity contribution < 1.29 is 36.2 Å². The number of carbonyl (C=O) groups is 1. The lowest BCUT2D eigenvalue weighted by atomic mass is 10.1. The second-order valence-corrected chi connectivity index (χ2v) is 3.72. The highest BCUT2D eigenvalue weighted by Gasteiger charge is 2.34. The van der Waals surface area contributed by atoms with Crippen molar-refractivity contribution >= 4 is 5.97 Å². The van der Waals surface area contributed by atoms with Crippen LogP contribution in [0.5, 0.6) is 5.75 Å². The van der Waals surface area contributed by atoms with E-state index in [1.807, 2.05) is 4.98 Å². The van der Waals surface area contributed by atoms with Gasteiger partial charge in [0.1, 0.15) is 5.75 Å². The molecule has 0 aliphatic heterocycles. The van der Waals surface area contributed by atoms with Crippen molar-refractivity contribution in [1.29, 1.82) is 0 Å². The van der Waals surface area contributed by atoms with Gasteiger partial charge < -0.3 is 14.5 Å². The summed E-state index contributed by atoms with van der Waals surface area (Å²) in [5.74, 6) is -2.32. The predicted octanol–water partition coefficient (Wildman–Crippen LogP) is 2.32. The molecule has 0 unspecified atom stereocenters. The molecule has 0 amide bonds. The van der Waals surface area contributed by atoms with Crippen LogP contribution >= 0.6 is 0 Å². The van der Waals surface area contributed by atoms with Gasteiger partial charge in [0, 0.05) is 11.8 Å². The maximum Gasteiger partial charge on any atom is 0.573 e. The lowest BCUT2D eigenvalue weighted by molar-refractivity contribution is -0.275. The molecule has 0 saturated heterocycles. The molecule has 0 aliphatic rings. The first-order valence-electron chi connectivity index (χ1n) is 5.59. The Bertz CT molecular complexity index is 567. The highest BCUT2D eigenvalue weighted by atomic mass is 19.4. The number of hydrogen-bond acceptors (Lipinski definition) is 4. The van der Waals surface area contributed by atoms with Crippen LogP contribution in [0.2, 0.25) is 0 Å². The summed E-state index contributed by atoms with van der Waals surface area (Å²) in [6.45, 7) is 1.41. The van der Waals surface area contributed by atoms with Crippen LogP contribution in [0.4, 0.5) is 22.0 Å². The number of carbonyl (C=O) groups excluding carboxylic acids is 1. The predicted molar refractivity (Wildman–Crippen MR) is 59.0 cm³/mol.